The van der Waals surface area contributed by atoms with Crippen LogP contribution < -0.4 is 10.5 Å². The first-order valence-electron chi connectivity index (χ1n) is 5.33. The summed E-state index contributed by atoms with van der Waals surface area (Å²) in [5.41, 5.74) is 5.95. The summed E-state index contributed by atoms with van der Waals surface area (Å²) in [6, 6.07) is 3.45. The van der Waals surface area contributed by atoms with Crippen molar-refractivity contribution in [2.45, 2.75) is 19.4 Å². The van der Waals surface area contributed by atoms with E-state index in [0.29, 0.717) is 11.3 Å². The van der Waals surface area contributed by atoms with Crippen molar-refractivity contribution in [1.82, 2.24) is 0 Å². The average Bonchev–Trinajstić information content (AvgIpc) is 2.32. The monoisotopic (exact) mass is 241 g/mol. The van der Waals surface area contributed by atoms with Crippen LogP contribution in [0, 0.1) is 5.82 Å². The highest BCUT2D eigenvalue weighted by Gasteiger charge is 2.17. The van der Waals surface area contributed by atoms with Gasteiger partial charge in [-0.25, -0.2) is 4.39 Å². The zero-order valence-corrected chi connectivity index (χ0v) is 9.90. The predicted molar refractivity (Wildman–Crippen MR) is 61.3 cm³/mol. The van der Waals surface area contributed by atoms with Gasteiger partial charge in [0.25, 0.3) is 0 Å². The van der Waals surface area contributed by atoms with E-state index < -0.39 is 17.8 Å². The Bertz CT molecular complexity index is 395. The molecule has 0 aliphatic carbocycles. The number of esters is 1. The molecule has 0 saturated carbocycles. The number of carbonyl (C=O) groups is 1. The molecule has 0 spiro atoms. The van der Waals surface area contributed by atoms with E-state index >= 15 is 0 Å². The van der Waals surface area contributed by atoms with Gasteiger partial charge in [0.2, 0.25) is 0 Å². The zero-order chi connectivity index (χ0) is 12.8. The normalized spacial score (nSPS) is 12.0. The summed E-state index contributed by atoms with van der Waals surface area (Å²) in [6.07, 6.45) is 0.0852. The average molecular weight is 241 g/mol. The number of benzene rings is 1. The molecule has 0 heterocycles. The van der Waals surface area contributed by atoms with Gasteiger partial charge < -0.3 is 15.2 Å². The molecule has 1 aromatic carbocycles. The summed E-state index contributed by atoms with van der Waals surface area (Å²) < 4.78 is 23.2. The first kappa shape index (κ1) is 13.4. The fourth-order valence-electron chi connectivity index (χ4n) is 1.40. The van der Waals surface area contributed by atoms with Gasteiger partial charge in [-0.3, -0.25) is 4.79 Å². The summed E-state index contributed by atoms with van der Waals surface area (Å²) in [5.74, 6) is -0.419. The van der Waals surface area contributed by atoms with Crippen LogP contribution >= 0.6 is 0 Å². The summed E-state index contributed by atoms with van der Waals surface area (Å²) in [7, 11) is 1.49. The first-order valence-corrected chi connectivity index (χ1v) is 5.33. The SMILES string of the molecule is CCOC(=O)C(N)Cc1cc(OC)ccc1F. The number of hydrogen-bond donors (Lipinski definition) is 1. The van der Waals surface area contributed by atoms with E-state index in [1.165, 1.54) is 25.3 Å². The number of rotatable bonds is 5. The second-order valence-corrected chi connectivity index (χ2v) is 3.52. The minimum atomic E-state index is -0.864. The van der Waals surface area contributed by atoms with Crippen molar-refractivity contribution in [3.05, 3.63) is 29.6 Å². The fraction of sp³-hybridized carbons (Fsp3) is 0.417. The standard InChI is InChI=1S/C12H16FNO3/c1-3-17-12(15)11(14)7-8-6-9(16-2)4-5-10(8)13/h4-6,11H,3,7,14H2,1-2H3. The molecule has 1 rings (SSSR count). The number of hydrogen-bond acceptors (Lipinski definition) is 4. The highest BCUT2D eigenvalue weighted by Crippen LogP contribution is 2.17. The summed E-state index contributed by atoms with van der Waals surface area (Å²) >= 11 is 0. The van der Waals surface area contributed by atoms with Crippen molar-refractivity contribution >= 4 is 5.97 Å². The molecule has 0 saturated heterocycles. The summed E-state index contributed by atoms with van der Waals surface area (Å²) in [4.78, 5) is 11.3. The Morgan fingerprint density at radius 1 is 1.53 bits per heavy atom. The van der Waals surface area contributed by atoms with Gasteiger partial charge in [0.1, 0.15) is 17.6 Å². The maximum Gasteiger partial charge on any atom is 0.323 e. The Balaban J connectivity index is 2.76. The molecule has 4 nitrogen and oxygen atoms in total. The van der Waals surface area contributed by atoms with Crippen molar-refractivity contribution in [3.8, 4) is 5.75 Å². The molecule has 0 fully saturated rings. The van der Waals surface area contributed by atoms with Crippen LogP contribution in [-0.2, 0) is 16.0 Å². The number of nitrogens with two attached hydrogens (primary N) is 1. The van der Waals surface area contributed by atoms with Crippen LogP contribution in [0.15, 0.2) is 18.2 Å². The molecule has 1 atom stereocenters. The Morgan fingerprint density at radius 2 is 2.24 bits per heavy atom. The highest BCUT2D eigenvalue weighted by atomic mass is 19.1. The predicted octanol–water partition coefficient (Wildman–Crippen LogP) is 1.27. The molecule has 1 unspecified atom stereocenters. The van der Waals surface area contributed by atoms with Gasteiger partial charge in [-0.15, -0.1) is 0 Å². The van der Waals surface area contributed by atoms with Crippen LogP contribution in [0.25, 0.3) is 0 Å². The highest BCUT2D eigenvalue weighted by molar-refractivity contribution is 5.75. The van der Waals surface area contributed by atoms with Gasteiger partial charge in [0.15, 0.2) is 0 Å². The molecule has 0 aliphatic heterocycles. The lowest BCUT2D eigenvalue weighted by Gasteiger charge is -2.11. The van der Waals surface area contributed by atoms with E-state index in [1.54, 1.807) is 6.92 Å². The third kappa shape index (κ3) is 3.71. The maximum atomic E-state index is 13.5. The Hall–Kier alpha value is -1.62. The lowest BCUT2D eigenvalue weighted by Crippen LogP contribution is -2.34. The Kier molecular flexibility index (Phi) is 4.90. The largest absolute Gasteiger partial charge is 0.497 e. The lowest BCUT2D eigenvalue weighted by atomic mass is 10.1. The molecular formula is C12H16FNO3. The van der Waals surface area contributed by atoms with Gasteiger partial charge >= 0.3 is 5.97 Å². The molecule has 1 aromatic rings. The van der Waals surface area contributed by atoms with Crippen LogP contribution in [0.1, 0.15) is 12.5 Å². The Labute approximate surface area is 99.5 Å². The zero-order valence-electron chi connectivity index (χ0n) is 9.90. The van der Waals surface area contributed by atoms with Gasteiger partial charge in [-0.05, 0) is 30.7 Å². The second-order valence-electron chi connectivity index (χ2n) is 3.52. The van der Waals surface area contributed by atoms with Crippen LogP contribution in [0.4, 0.5) is 4.39 Å². The van der Waals surface area contributed by atoms with E-state index in [-0.39, 0.29) is 13.0 Å². The smallest absolute Gasteiger partial charge is 0.323 e. The summed E-state index contributed by atoms with van der Waals surface area (Å²) in [6.45, 7) is 1.95. The molecule has 0 aliphatic rings. The Morgan fingerprint density at radius 3 is 2.82 bits per heavy atom. The fourth-order valence-corrected chi connectivity index (χ4v) is 1.40. The minimum Gasteiger partial charge on any atom is -0.497 e. The molecule has 0 amide bonds. The molecular weight excluding hydrogens is 225 g/mol. The van der Waals surface area contributed by atoms with Crippen molar-refractivity contribution < 1.29 is 18.7 Å². The van der Waals surface area contributed by atoms with Crippen LogP contribution in [0.5, 0.6) is 5.75 Å². The van der Waals surface area contributed by atoms with Gasteiger partial charge in [0, 0.05) is 6.42 Å². The van der Waals surface area contributed by atoms with Gasteiger partial charge in [-0.1, -0.05) is 0 Å². The van der Waals surface area contributed by atoms with Crippen molar-refractivity contribution in [1.29, 1.82) is 0 Å². The number of halogens is 1. The molecule has 0 bridgehead atoms. The van der Waals surface area contributed by atoms with Crippen LogP contribution in [0.2, 0.25) is 0 Å². The van der Waals surface area contributed by atoms with Gasteiger partial charge in [-0.2, -0.15) is 0 Å². The quantitative estimate of drug-likeness (QED) is 0.788. The molecule has 0 radical (unpaired) electrons. The first-order chi connectivity index (χ1) is 8.08. The molecule has 17 heavy (non-hydrogen) atoms. The number of methoxy groups -OCH3 is 1. The number of ether oxygens (including phenoxy) is 2. The molecule has 5 heteroatoms. The van der Waals surface area contributed by atoms with E-state index in [0.717, 1.165) is 0 Å². The summed E-state index contributed by atoms with van der Waals surface area (Å²) in [5, 5.41) is 0. The number of carbonyl (C=O) groups excluding carboxylic acids is 1. The van der Waals surface area contributed by atoms with Crippen molar-refractivity contribution in [2.24, 2.45) is 5.73 Å². The minimum absolute atomic E-state index is 0.0852. The van der Waals surface area contributed by atoms with Gasteiger partial charge in [0.05, 0.1) is 13.7 Å². The second kappa shape index (κ2) is 6.20. The van der Waals surface area contributed by atoms with Crippen molar-refractivity contribution in [3.63, 3.8) is 0 Å². The molecule has 94 valence electrons. The van der Waals surface area contributed by atoms with Crippen LogP contribution in [0.3, 0.4) is 0 Å². The van der Waals surface area contributed by atoms with E-state index in [4.69, 9.17) is 15.2 Å². The topological polar surface area (TPSA) is 61.5 Å². The third-order valence-electron chi connectivity index (χ3n) is 2.28. The van der Waals surface area contributed by atoms with Crippen molar-refractivity contribution in [2.75, 3.05) is 13.7 Å². The van der Waals surface area contributed by atoms with Crippen LogP contribution in [-0.4, -0.2) is 25.7 Å². The van der Waals surface area contributed by atoms with E-state index in [1.807, 2.05) is 0 Å². The van der Waals surface area contributed by atoms with E-state index in [9.17, 15) is 9.18 Å². The maximum absolute atomic E-state index is 13.5. The lowest BCUT2D eigenvalue weighted by molar-refractivity contribution is -0.144. The molecule has 2 N–H and O–H groups in total. The third-order valence-corrected chi connectivity index (χ3v) is 2.28. The molecule has 0 aromatic heterocycles. The van der Waals surface area contributed by atoms with E-state index in [2.05, 4.69) is 0 Å².